The summed E-state index contributed by atoms with van der Waals surface area (Å²) < 4.78 is 5.68. The van der Waals surface area contributed by atoms with Crippen molar-refractivity contribution in [1.82, 2.24) is 5.32 Å². The third kappa shape index (κ3) is 3.51. The lowest BCUT2D eigenvalue weighted by molar-refractivity contribution is -0.123. The van der Waals surface area contributed by atoms with E-state index in [1.54, 1.807) is 18.2 Å². The molecule has 5 heteroatoms. The Labute approximate surface area is 134 Å². The maximum absolute atomic E-state index is 12.0. The number of anilines is 1. The van der Waals surface area contributed by atoms with Crippen LogP contribution in [0.4, 0.5) is 5.69 Å². The summed E-state index contributed by atoms with van der Waals surface area (Å²) in [5.41, 5.74) is 2.39. The van der Waals surface area contributed by atoms with Crippen LogP contribution in [0.2, 0.25) is 0 Å². The molecule has 1 heterocycles. The van der Waals surface area contributed by atoms with Crippen molar-refractivity contribution < 1.29 is 14.3 Å². The first-order valence-electron chi connectivity index (χ1n) is 7.55. The van der Waals surface area contributed by atoms with Crippen LogP contribution in [0.15, 0.2) is 48.5 Å². The minimum atomic E-state index is -0.594. The first-order chi connectivity index (χ1) is 11.1. The second-order valence-corrected chi connectivity index (χ2v) is 5.50. The molecule has 1 unspecified atom stereocenters. The van der Waals surface area contributed by atoms with Gasteiger partial charge in [0.1, 0.15) is 5.75 Å². The highest BCUT2D eigenvalue weighted by Crippen LogP contribution is 2.29. The molecule has 5 nitrogen and oxygen atoms in total. The molecular weight excluding hydrogens is 292 g/mol. The van der Waals surface area contributed by atoms with E-state index in [1.165, 1.54) is 0 Å². The van der Waals surface area contributed by atoms with Crippen LogP contribution in [0.5, 0.6) is 5.75 Å². The van der Waals surface area contributed by atoms with E-state index in [0.717, 1.165) is 5.56 Å². The summed E-state index contributed by atoms with van der Waals surface area (Å²) >= 11 is 0. The molecule has 0 saturated carbocycles. The summed E-state index contributed by atoms with van der Waals surface area (Å²) in [7, 11) is 0. The predicted molar refractivity (Wildman–Crippen MR) is 87.6 cm³/mol. The highest BCUT2D eigenvalue weighted by Gasteiger charge is 2.26. The molecule has 0 bridgehead atoms. The summed E-state index contributed by atoms with van der Waals surface area (Å²) in [5.74, 6) is 0.317. The molecule has 0 spiro atoms. The molecule has 2 aromatic carbocycles. The van der Waals surface area contributed by atoms with Crippen molar-refractivity contribution in [1.29, 1.82) is 0 Å². The minimum Gasteiger partial charge on any atom is -0.478 e. The normalized spacial score (nSPS) is 16.0. The fourth-order valence-electron chi connectivity index (χ4n) is 2.41. The molecular formula is C18H18N2O3. The van der Waals surface area contributed by atoms with Crippen LogP contribution < -0.4 is 15.4 Å². The second kappa shape index (κ2) is 6.52. The fourth-order valence-corrected chi connectivity index (χ4v) is 2.41. The number of aryl methyl sites for hydroxylation is 1. The molecule has 23 heavy (non-hydrogen) atoms. The van der Waals surface area contributed by atoms with E-state index in [2.05, 4.69) is 10.6 Å². The zero-order valence-electron chi connectivity index (χ0n) is 12.8. The Morgan fingerprint density at radius 3 is 2.70 bits per heavy atom. The molecule has 2 N–H and O–H groups in total. The largest absolute Gasteiger partial charge is 0.478 e. The zero-order chi connectivity index (χ0) is 16.2. The first-order valence-corrected chi connectivity index (χ1v) is 7.55. The molecule has 1 aliphatic heterocycles. The Morgan fingerprint density at radius 1 is 1.17 bits per heavy atom. The zero-order valence-corrected chi connectivity index (χ0v) is 12.8. The molecule has 0 saturated heterocycles. The van der Waals surface area contributed by atoms with E-state index in [-0.39, 0.29) is 11.8 Å². The van der Waals surface area contributed by atoms with Crippen molar-refractivity contribution in [2.45, 2.75) is 19.4 Å². The topological polar surface area (TPSA) is 67.4 Å². The van der Waals surface area contributed by atoms with E-state index < -0.39 is 6.10 Å². The van der Waals surface area contributed by atoms with Gasteiger partial charge in [-0.2, -0.15) is 0 Å². The van der Waals surface area contributed by atoms with E-state index >= 15 is 0 Å². The maximum atomic E-state index is 12.0. The lowest BCUT2D eigenvalue weighted by atomic mass is 10.1. The number of hydrogen-bond donors (Lipinski definition) is 2. The van der Waals surface area contributed by atoms with Crippen LogP contribution in [0.25, 0.3) is 0 Å². The van der Waals surface area contributed by atoms with Crippen LogP contribution in [0, 0.1) is 6.92 Å². The van der Waals surface area contributed by atoms with Gasteiger partial charge in [0.2, 0.25) is 0 Å². The van der Waals surface area contributed by atoms with Gasteiger partial charge in [-0.05, 0) is 31.2 Å². The van der Waals surface area contributed by atoms with Crippen LogP contribution in [0.3, 0.4) is 0 Å². The standard InChI is InChI=1S/C18H18N2O3/c1-12-6-8-13(9-7-12)17(21)19-11-10-16-18(22)20-14-4-2-3-5-15(14)23-16/h2-9,16H,10-11H2,1H3,(H,19,21)(H,20,22). The molecule has 3 rings (SSSR count). The smallest absolute Gasteiger partial charge is 0.265 e. The summed E-state index contributed by atoms with van der Waals surface area (Å²) in [4.78, 5) is 24.0. The van der Waals surface area contributed by atoms with E-state index in [1.807, 2.05) is 37.3 Å². The summed E-state index contributed by atoms with van der Waals surface area (Å²) in [6, 6.07) is 14.6. The SMILES string of the molecule is Cc1ccc(C(=O)NCCC2Oc3ccccc3NC2=O)cc1. The molecule has 2 aromatic rings. The fraction of sp³-hybridized carbons (Fsp3) is 0.222. The number of benzene rings is 2. The highest BCUT2D eigenvalue weighted by atomic mass is 16.5. The maximum Gasteiger partial charge on any atom is 0.265 e. The Morgan fingerprint density at radius 2 is 1.91 bits per heavy atom. The van der Waals surface area contributed by atoms with Crippen molar-refractivity contribution in [3.8, 4) is 5.75 Å². The number of amides is 2. The number of rotatable bonds is 4. The molecule has 1 atom stereocenters. The monoisotopic (exact) mass is 310 g/mol. The van der Waals surface area contributed by atoms with E-state index in [0.29, 0.717) is 30.0 Å². The van der Waals surface area contributed by atoms with E-state index in [9.17, 15) is 9.59 Å². The Hall–Kier alpha value is -2.82. The number of hydrogen-bond acceptors (Lipinski definition) is 3. The molecule has 0 fully saturated rings. The third-order valence-corrected chi connectivity index (χ3v) is 3.71. The Kier molecular flexibility index (Phi) is 4.28. The van der Waals surface area contributed by atoms with Gasteiger partial charge >= 0.3 is 0 Å². The van der Waals surface area contributed by atoms with Crippen molar-refractivity contribution >= 4 is 17.5 Å². The Balaban J connectivity index is 1.54. The van der Waals surface area contributed by atoms with Gasteiger partial charge in [0.05, 0.1) is 5.69 Å². The predicted octanol–water partition coefficient (Wildman–Crippen LogP) is 2.51. The molecule has 1 aliphatic rings. The average molecular weight is 310 g/mol. The van der Waals surface area contributed by atoms with Gasteiger partial charge in [-0.15, -0.1) is 0 Å². The lowest BCUT2D eigenvalue weighted by Crippen LogP contribution is -2.39. The summed E-state index contributed by atoms with van der Waals surface area (Å²) in [5, 5.41) is 5.62. The van der Waals surface area contributed by atoms with Crippen molar-refractivity contribution in [2.75, 3.05) is 11.9 Å². The van der Waals surface area contributed by atoms with Crippen LogP contribution in [-0.2, 0) is 4.79 Å². The highest BCUT2D eigenvalue weighted by molar-refractivity contribution is 5.98. The minimum absolute atomic E-state index is 0.151. The van der Waals surface area contributed by atoms with Gasteiger partial charge in [0, 0.05) is 18.5 Å². The van der Waals surface area contributed by atoms with Gasteiger partial charge in [0.15, 0.2) is 6.10 Å². The molecule has 2 amide bonds. The lowest BCUT2D eigenvalue weighted by Gasteiger charge is -2.25. The van der Waals surface area contributed by atoms with Crippen LogP contribution >= 0.6 is 0 Å². The first kappa shape index (κ1) is 15.1. The van der Waals surface area contributed by atoms with Gasteiger partial charge in [0.25, 0.3) is 11.8 Å². The third-order valence-electron chi connectivity index (χ3n) is 3.71. The van der Waals surface area contributed by atoms with Gasteiger partial charge in [-0.1, -0.05) is 29.8 Å². The number of fused-ring (bicyclic) bond motifs is 1. The number of carbonyl (C=O) groups is 2. The van der Waals surface area contributed by atoms with Crippen molar-refractivity contribution in [3.05, 3.63) is 59.7 Å². The van der Waals surface area contributed by atoms with Crippen molar-refractivity contribution in [2.24, 2.45) is 0 Å². The molecule has 0 aliphatic carbocycles. The van der Waals surface area contributed by atoms with Crippen LogP contribution in [-0.4, -0.2) is 24.5 Å². The quantitative estimate of drug-likeness (QED) is 0.912. The average Bonchev–Trinajstić information content (AvgIpc) is 2.56. The number of nitrogens with one attached hydrogen (secondary N) is 2. The summed E-state index contributed by atoms with van der Waals surface area (Å²) in [6.07, 6.45) is -0.180. The number of carbonyl (C=O) groups excluding carboxylic acids is 2. The van der Waals surface area contributed by atoms with Gasteiger partial charge in [-0.3, -0.25) is 9.59 Å². The van der Waals surface area contributed by atoms with Gasteiger partial charge in [-0.25, -0.2) is 0 Å². The number of para-hydroxylation sites is 2. The number of ether oxygens (including phenoxy) is 1. The van der Waals surface area contributed by atoms with E-state index in [4.69, 9.17) is 4.74 Å². The molecule has 0 radical (unpaired) electrons. The Bertz CT molecular complexity index is 725. The van der Waals surface area contributed by atoms with Crippen LogP contribution in [0.1, 0.15) is 22.3 Å². The molecule has 0 aromatic heterocycles. The van der Waals surface area contributed by atoms with Crippen molar-refractivity contribution in [3.63, 3.8) is 0 Å². The summed E-state index contributed by atoms with van der Waals surface area (Å²) in [6.45, 7) is 2.34. The molecule has 118 valence electrons. The second-order valence-electron chi connectivity index (χ2n) is 5.50. The van der Waals surface area contributed by atoms with Gasteiger partial charge < -0.3 is 15.4 Å².